The molecule has 1 aliphatic rings. The number of rotatable bonds is 3. The van der Waals surface area contributed by atoms with Crippen molar-refractivity contribution in [2.45, 2.75) is 45.1 Å². The fraction of sp³-hybridized carbons (Fsp3) is 0.571. The molecule has 0 amide bonds. The number of nitrogens with zero attached hydrogens (tertiary/aromatic N) is 1. The van der Waals surface area contributed by atoms with Crippen LogP contribution in [-0.4, -0.2) is 12.6 Å². The van der Waals surface area contributed by atoms with Crippen molar-refractivity contribution in [2.24, 2.45) is 0 Å². The number of hydrogen-bond acceptors (Lipinski definition) is 2. The minimum Gasteiger partial charge on any atom is -0.397 e. The average Bonchev–Trinajstić information content (AvgIpc) is 2.34. The Morgan fingerprint density at radius 1 is 1.29 bits per heavy atom. The van der Waals surface area contributed by atoms with E-state index in [1.165, 1.54) is 44.2 Å². The van der Waals surface area contributed by atoms with Crippen molar-refractivity contribution in [3.05, 3.63) is 24.0 Å². The molecular weight excluding hydrogens is 215 g/mol. The van der Waals surface area contributed by atoms with E-state index in [0.717, 1.165) is 12.2 Å². The molecule has 1 aromatic carbocycles. The number of anilines is 2. The maximum absolute atomic E-state index is 13.1. The van der Waals surface area contributed by atoms with Gasteiger partial charge >= 0.3 is 0 Å². The lowest BCUT2D eigenvalue weighted by atomic mass is 9.93. The third-order valence-electron chi connectivity index (χ3n) is 3.66. The van der Waals surface area contributed by atoms with Crippen molar-refractivity contribution in [2.75, 3.05) is 17.2 Å². The number of nitrogen functional groups attached to an aromatic ring is 1. The molecule has 94 valence electrons. The smallest absolute Gasteiger partial charge is 0.125 e. The Morgan fingerprint density at radius 3 is 2.59 bits per heavy atom. The predicted octanol–water partition coefficient (Wildman–Crippen LogP) is 3.57. The molecule has 2 nitrogen and oxygen atoms in total. The summed E-state index contributed by atoms with van der Waals surface area (Å²) < 4.78 is 13.1. The molecule has 1 aromatic rings. The van der Waals surface area contributed by atoms with E-state index in [1.54, 1.807) is 0 Å². The molecule has 0 spiro atoms. The monoisotopic (exact) mass is 236 g/mol. The van der Waals surface area contributed by atoms with E-state index in [1.807, 2.05) is 6.07 Å². The van der Waals surface area contributed by atoms with Gasteiger partial charge in [-0.25, -0.2) is 4.39 Å². The summed E-state index contributed by atoms with van der Waals surface area (Å²) in [5.74, 6) is -0.258. The van der Waals surface area contributed by atoms with Gasteiger partial charge in [-0.15, -0.1) is 0 Å². The van der Waals surface area contributed by atoms with Gasteiger partial charge in [0, 0.05) is 12.6 Å². The minimum atomic E-state index is -0.258. The first-order chi connectivity index (χ1) is 8.22. The highest BCUT2D eigenvalue weighted by Gasteiger charge is 2.21. The van der Waals surface area contributed by atoms with Crippen molar-refractivity contribution >= 4 is 11.4 Å². The van der Waals surface area contributed by atoms with Gasteiger partial charge in [-0.2, -0.15) is 0 Å². The molecule has 0 heterocycles. The molecule has 1 saturated carbocycles. The van der Waals surface area contributed by atoms with Gasteiger partial charge in [-0.3, -0.25) is 0 Å². The Morgan fingerprint density at radius 2 is 2.00 bits per heavy atom. The van der Waals surface area contributed by atoms with E-state index >= 15 is 0 Å². The maximum Gasteiger partial charge on any atom is 0.125 e. The number of benzene rings is 1. The fourth-order valence-electron chi connectivity index (χ4n) is 2.80. The van der Waals surface area contributed by atoms with Crippen molar-refractivity contribution in [3.8, 4) is 0 Å². The molecule has 1 fully saturated rings. The molecule has 17 heavy (non-hydrogen) atoms. The lowest BCUT2D eigenvalue weighted by molar-refractivity contribution is 0.418. The Hall–Kier alpha value is -1.25. The topological polar surface area (TPSA) is 29.3 Å². The highest BCUT2D eigenvalue weighted by molar-refractivity contribution is 5.67. The molecule has 1 aliphatic carbocycles. The van der Waals surface area contributed by atoms with E-state index in [-0.39, 0.29) is 5.82 Å². The Labute approximate surface area is 103 Å². The first kappa shape index (κ1) is 12.2. The summed E-state index contributed by atoms with van der Waals surface area (Å²) in [6, 6.07) is 5.29. The largest absolute Gasteiger partial charge is 0.397 e. The summed E-state index contributed by atoms with van der Waals surface area (Å²) in [6.07, 6.45) is 6.38. The van der Waals surface area contributed by atoms with Crippen LogP contribution < -0.4 is 10.6 Å². The van der Waals surface area contributed by atoms with Crippen LogP contribution in [0.3, 0.4) is 0 Å². The summed E-state index contributed by atoms with van der Waals surface area (Å²) in [7, 11) is 0. The van der Waals surface area contributed by atoms with Crippen LogP contribution in [0, 0.1) is 5.82 Å². The molecule has 0 radical (unpaired) electrons. The first-order valence-electron chi connectivity index (χ1n) is 6.54. The molecule has 2 rings (SSSR count). The summed E-state index contributed by atoms with van der Waals surface area (Å²) in [6.45, 7) is 3.07. The predicted molar refractivity (Wildman–Crippen MR) is 70.7 cm³/mol. The molecule has 3 heteroatoms. The Bertz CT molecular complexity index is 372. The zero-order chi connectivity index (χ0) is 12.3. The van der Waals surface area contributed by atoms with Crippen LogP contribution in [-0.2, 0) is 0 Å². The van der Waals surface area contributed by atoms with Crippen molar-refractivity contribution in [1.82, 2.24) is 0 Å². The Balaban J connectivity index is 2.21. The van der Waals surface area contributed by atoms with Crippen LogP contribution in [0.25, 0.3) is 0 Å². The van der Waals surface area contributed by atoms with Gasteiger partial charge < -0.3 is 10.6 Å². The molecular formula is C14H21FN2. The lowest BCUT2D eigenvalue weighted by Gasteiger charge is -2.36. The molecule has 2 N–H and O–H groups in total. The van der Waals surface area contributed by atoms with Gasteiger partial charge in [0.2, 0.25) is 0 Å². The maximum atomic E-state index is 13.1. The lowest BCUT2D eigenvalue weighted by Crippen LogP contribution is -2.37. The van der Waals surface area contributed by atoms with Crippen LogP contribution in [0.5, 0.6) is 0 Å². The molecule has 0 aliphatic heterocycles. The summed E-state index contributed by atoms with van der Waals surface area (Å²) in [5.41, 5.74) is 7.46. The van der Waals surface area contributed by atoms with Crippen LogP contribution in [0.4, 0.5) is 15.8 Å². The summed E-state index contributed by atoms with van der Waals surface area (Å²) >= 11 is 0. The van der Waals surface area contributed by atoms with Gasteiger partial charge in [0.25, 0.3) is 0 Å². The summed E-state index contributed by atoms with van der Waals surface area (Å²) in [4.78, 5) is 2.33. The van der Waals surface area contributed by atoms with E-state index in [4.69, 9.17) is 5.73 Å². The second-order valence-electron chi connectivity index (χ2n) is 4.78. The Kier molecular flexibility index (Phi) is 3.87. The number of hydrogen-bond donors (Lipinski definition) is 1. The third kappa shape index (κ3) is 2.71. The number of nitrogens with two attached hydrogens (primary N) is 1. The standard InChI is InChI=1S/C14H21FN2/c1-2-17(12-6-4-3-5-7-12)14-9-8-11(15)10-13(14)16/h8-10,12H,2-7,16H2,1H3. The SMILES string of the molecule is CCN(c1ccc(F)cc1N)C1CCCCC1. The second kappa shape index (κ2) is 5.39. The van der Waals surface area contributed by atoms with E-state index in [2.05, 4.69) is 11.8 Å². The first-order valence-corrected chi connectivity index (χ1v) is 6.54. The van der Waals surface area contributed by atoms with Crippen molar-refractivity contribution < 1.29 is 4.39 Å². The van der Waals surface area contributed by atoms with Gasteiger partial charge in [-0.05, 0) is 38.0 Å². The molecule has 0 saturated heterocycles. The van der Waals surface area contributed by atoms with Gasteiger partial charge in [0.1, 0.15) is 5.82 Å². The molecule has 0 aromatic heterocycles. The van der Waals surface area contributed by atoms with Crippen molar-refractivity contribution in [1.29, 1.82) is 0 Å². The minimum absolute atomic E-state index is 0.258. The zero-order valence-corrected chi connectivity index (χ0v) is 10.5. The zero-order valence-electron chi connectivity index (χ0n) is 10.5. The molecule has 0 unspecified atom stereocenters. The molecule has 0 bridgehead atoms. The van der Waals surface area contributed by atoms with Gasteiger partial charge in [-0.1, -0.05) is 19.3 Å². The van der Waals surface area contributed by atoms with E-state index < -0.39 is 0 Å². The van der Waals surface area contributed by atoms with E-state index in [9.17, 15) is 4.39 Å². The summed E-state index contributed by atoms with van der Waals surface area (Å²) in [5, 5.41) is 0. The van der Waals surface area contributed by atoms with Crippen LogP contribution in [0.15, 0.2) is 18.2 Å². The fourth-order valence-corrected chi connectivity index (χ4v) is 2.80. The van der Waals surface area contributed by atoms with Crippen LogP contribution in [0.1, 0.15) is 39.0 Å². The third-order valence-corrected chi connectivity index (χ3v) is 3.66. The normalized spacial score (nSPS) is 17.1. The van der Waals surface area contributed by atoms with Gasteiger partial charge in [0.15, 0.2) is 0 Å². The van der Waals surface area contributed by atoms with Gasteiger partial charge in [0.05, 0.1) is 11.4 Å². The number of halogens is 1. The highest BCUT2D eigenvalue weighted by Crippen LogP contribution is 2.31. The van der Waals surface area contributed by atoms with E-state index in [0.29, 0.717) is 11.7 Å². The van der Waals surface area contributed by atoms with Crippen LogP contribution >= 0.6 is 0 Å². The quantitative estimate of drug-likeness (QED) is 0.813. The van der Waals surface area contributed by atoms with Crippen LogP contribution in [0.2, 0.25) is 0 Å². The molecule has 0 atom stereocenters. The highest BCUT2D eigenvalue weighted by atomic mass is 19.1. The second-order valence-corrected chi connectivity index (χ2v) is 4.78. The average molecular weight is 236 g/mol. The van der Waals surface area contributed by atoms with Crippen molar-refractivity contribution in [3.63, 3.8) is 0 Å².